The van der Waals surface area contributed by atoms with Crippen molar-refractivity contribution in [2.24, 2.45) is 0 Å². The molecule has 3 nitrogen and oxygen atoms in total. The number of hydrogen-bond donors (Lipinski definition) is 1. The largest absolute Gasteiger partial charge is 0.478 e. The monoisotopic (exact) mass is 245 g/mol. The Balaban J connectivity index is 2.59. The van der Waals surface area contributed by atoms with Crippen LogP contribution in [0.4, 0.5) is 0 Å². The lowest BCUT2D eigenvalue weighted by Crippen LogP contribution is -1.98. The van der Waals surface area contributed by atoms with Crippen molar-refractivity contribution >= 4 is 16.9 Å². The van der Waals surface area contributed by atoms with Crippen LogP contribution in [-0.4, -0.2) is 15.6 Å². The molecule has 0 aliphatic heterocycles. The Morgan fingerprint density at radius 1 is 1.28 bits per heavy atom. The highest BCUT2D eigenvalue weighted by Gasteiger charge is 2.10. The van der Waals surface area contributed by atoms with E-state index in [9.17, 15) is 4.79 Å². The van der Waals surface area contributed by atoms with Gasteiger partial charge in [0.15, 0.2) is 0 Å². The van der Waals surface area contributed by atoms with Gasteiger partial charge in [0.1, 0.15) is 0 Å². The molecule has 1 aromatic heterocycles. The van der Waals surface area contributed by atoms with E-state index in [0.29, 0.717) is 5.56 Å². The van der Waals surface area contributed by atoms with Crippen molar-refractivity contribution in [1.29, 1.82) is 0 Å². The summed E-state index contributed by atoms with van der Waals surface area (Å²) in [4.78, 5) is 11.0. The molecule has 1 heterocycles. The molecule has 0 aliphatic rings. The number of carboxylic acids is 1. The molecule has 3 heteroatoms. The summed E-state index contributed by atoms with van der Waals surface area (Å²) in [6.45, 7) is 5.23. The lowest BCUT2D eigenvalue weighted by molar-refractivity contribution is 0.0697. The van der Waals surface area contributed by atoms with Gasteiger partial charge in [-0.1, -0.05) is 26.3 Å². The minimum Gasteiger partial charge on any atom is -0.478 e. The molecular weight excluding hydrogens is 226 g/mol. The standard InChI is InChI=1S/C15H19NO2/c1-3-5-12-10-16(8-4-2)14-9-11(15(17)18)6-7-13(12)14/h6-7,9-10H,3-5,8H2,1-2H3,(H,17,18). The van der Waals surface area contributed by atoms with Crippen molar-refractivity contribution in [3.63, 3.8) is 0 Å². The summed E-state index contributed by atoms with van der Waals surface area (Å²) in [6, 6.07) is 5.42. The molecular formula is C15H19NO2. The first-order valence-electron chi connectivity index (χ1n) is 6.52. The third kappa shape index (κ3) is 2.26. The Hall–Kier alpha value is -1.77. The van der Waals surface area contributed by atoms with Crippen LogP contribution in [0.1, 0.15) is 42.6 Å². The van der Waals surface area contributed by atoms with E-state index in [1.54, 1.807) is 12.1 Å². The van der Waals surface area contributed by atoms with Gasteiger partial charge in [0.05, 0.1) is 5.56 Å². The number of aromatic carboxylic acids is 1. The molecule has 0 amide bonds. The van der Waals surface area contributed by atoms with Gasteiger partial charge in [-0.3, -0.25) is 0 Å². The van der Waals surface area contributed by atoms with Crippen LogP contribution in [0.2, 0.25) is 0 Å². The Labute approximate surface area is 107 Å². The summed E-state index contributed by atoms with van der Waals surface area (Å²) in [5, 5.41) is 10.3. The maximum Gasteiger partial charge on any atom is 0.335 e. The first-order valence-corrected chi connectivity index (χ1v) is 6.52. The van der Waals surface area contributed by atoms with E-state index in [2.05, 4.69) is 24.6 Å². The molecule has 1 N–H and O–H groups in total. The summed E-state index contributed by atoms with van der Waals surface area (Å²) < 4.78 is 2.17. The molecule has 0 saturated heterocycles. The second-order valence-electron chi connectivity index (χ2n) is 4.63. The highest BCUT2D eigenvalue weighted by atomic mass is 16.4. The van der Waals surface area contributed by atoms with Gasteiger partial charge in [0.2, 0.25) is 0 Å². The van der Waals surface area contributed by atoms with Crippen LogP contribution >= 0.6 is 0 Å². The summed E-state index contributed by atoms with van der Waals surface area (Å²) in [6.07, 6.45) is 5.36. The Morgan fingerprint density at radius 2 is 2.06 bits per heavy atom. The number of hydrogen-bond acceptors (Lipinski definition) is 1. The predicted octanol–water partition coefficient (Wildman–Crippen LogP) is 3.70. The van der Waals surface area contributed by atoms with E-state index < -0.39 is 5.97 Å². The minimum atomic E-state index is -0.863. The number of aromatic nitrogens is 1. The van der Waals surface area contributed by atoms with Gasteiger partial charge in [0, 0.05) is 23.6 Å². The molecule has 0 aliphatic carbocycles. The normalized spacial score (nSPS) is 11.0. The van der Waals surface area contributed by atoms with Gasteiger partial charge in [-0.25, -0.2) is 4.79 Å². The molecule has 0 bridgehead atoms. The van der Waals surface area contributed by atoms with Crippen LogP contribution in [0.25, 0.3) is 10.9 Å². The van der Waals surface area contributed by atoms with Gasteiger partial charge in [0.25, 0.3) is 0 Å². The molecule has 0 fully saturated rings. The van der Waals surface area contributed by atoms with Crippen LogP contribution in [0.5, 0.6) is 0 Å². The topological polar surface area (TPSA) is 42.2 Å². The molecule has 2 aromatic rings. The van der Waals surface area contributed by atoms with Gasteiger partial charge in [-0.2, -0.15) is 0 Å². The molecule has 0 unspecified atom stereocenters. The number of carboxylic acid groups (broad SMARTS) is 1. The summed E-state index contributed by atoms with van der Waals surface area (Å²) in [5.41, 5.74) is 2.72. The maximum atomic E-state index is 11.0. The number of aryl methyl sites for hydroxylation is 2. The molecule has 0 radical (unpaired) electrons. The molecule has 0 atom stereocenters. The number of carbonyl (C=O) groups is 1. The molecule has 2 rings (SSSR count). The zero-order chi connectivity index (χ0) is 13.1. The van der Waals surface area contributed by atoms with Crippen molar-refractivity contribution in [2.45, 2.75) is 39.7 Å². The third-order valence-corrected chi connectivity index (χ3v) is 3.20. The highest BCUT2D eigenvalue weighted by Crippen LogP contribution is 2.24. The van der Waals surface area contributed by atoms with Crippen molar-refractivity contribution in [3.05, 3.63) is 35.5 Å². The quantitative estimate of drug-likeness (QED) is 0.872. The van der Waals surface area contributed by atoms with Gasteiger partial charge in [-0.05, 0) is 30.5 Å². The Bertz CT molecular complexity index is 569. The van der Waals surface area contributed by atoms with Crippen LogP contribution in [0.3, 0.4) is 0 Å². The molecule has 1 aromatic carbocycles. The van der Waals surface area contributed by atoms with Crippen molar-refractivity contribution in [3.8, 4) is 0 Å². The first kappa shape index (κ1) is 12.7. The van der Waals surface area contributed by atoms with Crippen LogP contribution in [0.15, 0.2) is 24.4 Å². The fourth-order valence-corrected chi connectivity index (χ4v) is 2.40. The van der Waals surface area contributed by atoms with Crippen LogP contribution < -0.4 is 0 Å². The fraction of sp³-hybridized carbons (Fsp3) is 0.400. The second kappa shape index (κ2) is 5.25. The Morgan fingerprint density at radius 3 is 2.67 bits per heavy atom. The van der Waals surface area contributed by atoms with Crippen molar-refractivity contribution in [1.82, 2.24) is 4.57 Å². The molecule has 96 valence electrons. The van der Waals surface area contributed by atoms with Gasteiger partial charge < -0.3 is 9.67 Å². The van der Waals surface area contributed by atoms with E-state index in [1.165, 1.54) is 10.9 Å². The number of nitrogens with zero attached hydrogens (tertiary/aromatic N) is 1. The SMILES string of the molecule is CCCc1cn(CCC)c2cc(C(=O)O)ccc12. The number of fused-ring (bicyclic) bond motifs is 1. The number of rotatable bonds is 5. The molecule has 0 saturated carbocycles. The van der Waals surface area contributed by atoms with E-state index in [1.807, 2.05) is 6.07 Å². The van der Waals surface area contributed by atoms with Crippen LogP contribution in [0, 0.1) is 0 Å². The van der Waals surface area contributed by atoms with Crippen molar-refractivity contribution < 1.29 is 9.90 Å². The third-order valence-electron chi connectivity index (χ3n) is 3.20. The fourth-order valence-electron chi connectivity index (χ4n) is 2.40. The maximum absolute atomic E-state index is 11.0. The average molecular weight is 245 g/mol. The van der Waals surface area contributed by atoms with E-state index >= 15 is 0 Å². The lowest BCUT2D eigenvalue weighted by Gasteiger charge is -2.03. The highest BCUT2D eigenvalue weighted by molar-refractivity contribution is 5.94. The smallest absolute Gasteiger partial charge is 0.335 e. The van der Waals surface area contributed by atoms with Crippen molar-refractivity contribution in [2.75, 3.05) is 0 Å². The summed E-state index contributed by atoms with van der Waals surface area (Å²) in [5.74, 6) is -0.863. The summed E-state index contributed by atoms with van der Waals surface area (Å²) >= 11 is 0. The average Bonchev–Trinajstić information content (AvgIpc) is 2.68. The molecule has 0 spiro atoms. The number of benzene rings is 1. The Kier molecular flexibility index (Phi) is 3.70. The first-order chi connectivity index (χ1) is 8.67. The summed E-state index contributed by atoms with van der Waals surface area (Å²) in [7, 11) is 0. The van der Waals surface area contributed by atoms with Gasteiger partial charge >= 0.3 is 5.97 Å². The zero-order valence-corrected chi connectivity index (χ0v) is 10.9. The molecule has 18 heavy (non-hydrogen) atoms. The zero-order valence-electron chi connectivity index (χ0n) is 10.9. The second-order valence-corrected chi connectivity index (χ2v) is 4.63. The minimum absolute atomic E-state index is 0.362. The lowest BCUT2D eigenvalue weighted by atomic mass is 10.1. The van der Waals surface area contributed by atoms with Crippen LogP contribution in [-0.2, 0) is 13.0 Å². The predicted molar refractivity (Wildman–Crippen MR) is 73.2 cm³/mol. The van der Waals surface area contributed by atoms with E-state index in [-0.39, 0.29) is 0 Å². The van der Waals surface area contributed by atoms with Gasteiger partial charge in [-0.15, -0.1) is 0 Å². The van der Waals surface area contributed by atoms with E-state index in [0.717, 1.165) is 31.3 Å². The van der Waals surface area contributed by atoms with E-state index in [4.69, 9.17) is 5.11 Å².